The van der Waals surface area contributed by atoms with Gasteiger partial charge in [0.05, 0.1) is 0 Å². The molecule has 0 aromatic heterocycles. The molecule has 0 bridgehead atoms. The molecule has 1 N–H and O–H groups in total. The summed E-state index contributed by atoms with van der Waals surface area (Å²) in [4.78, 5) is 2.61. The highest BCUT2D eigenvalue weighted by Crippen LogP contribution is 2.16. The lowest BCUT2D eigenvalue weighted by Crippen LogP contribution is -2.52. The van der Waals surface area contributed by atoms with Crippen molar-refractivity contribution in [2.45, 2.75) is 26.4 Å². The number of rotatable bonds is 3. The van der Waals surface area contributed by atoms with Crippen molar-refractivity contribution in [2.75, 3.05) is 19.6 Å². The van der Waals surface area contributed by atoms with Crippen LogP contribution in [0.1, 0.15) is 19.4 Å². The Bertz CT molecular complexity index is 308. The minimum absolute atomic E-state index is 0.675. The molecule has 16 heavy (non-hydrogen) atoms. The summed E-state index contributed by atoms with van der Waals surface area (Å²) < 4.78 is 0. The molecule has 1 atom stereocenters. The van der Waals surface area contributed by atoms with Crippen molar-refractivity contribution in [2.24, 2.45) is 5.92 Å². The minimum Gasteiger partial charge on any atom is -0.314 e. The lowest BCUT2D eigenvalue weighted by Gasteiger charge is -2.38. The standard InChI is InChI=1S/C14H22N2/c1-12(2)14-10-15-8-9-16(14)11-13-6-4-3-5-7-13/h3-7,12,14-15H,8-11H2,1-2H3/t14-/m1/s1. The smallest absolute Gasteiger partial charge is 0.0247 e. The maximum atomic E-state index is 3.49. The van der Waals surface area contributed by atoms with Gasteiger partial charge in [-0.3, -0.25) is 4.90 Å². The Labute approximate surface area is 98.7 Å². The molecule has 0 unspecified atom stereocenters. The molecule has 0 saturated carbocycles. The van der Waals surface area contributed by atoms with E-state index in [4.69, 9.17) is 0 Å². The third kappa shape index (κ3) is 2.83. The molecule has 2 rings (SSSR count). The van der Waals surface area contributed by atoms with Crippen molar-refractivity contribution in [1.29, 1.82) is 0 Å². The van der Waals surface area contributed by atoms with Gasteiger partial charge in [-0.15, -0.1) is 0 Å². The van der Waals surface area contributed by atoms with Crippen molar-refractivity contribution in [3.05, 3.63) is 35.9 Å². The molecule has 0 amide bonds. The largest absolute Gasteiger partial charge is 0.314 e. The van der Waals surface area contributed by atoms with E-state index in [0.29, 0.717) is 6.04 Å². The van der Waals surface area contributed by atoms with Gasteiger partial charge in [-0.2, -0.15) is 0 Å². The van der Waals surface area contributed by atoms with Gasteiger partial charge in [0.15, 0.2) is 0 Å². The molecular weight excluding hydrogens is 196 g/mol. The van der Waals surface area contributed by atoms with Crippen LogP contribution in [0.5, 0.6) is 0 Å². The number of hydrogen-bond donors (Lipinski definition) is 1. The van der Waals surface area contributed by atoms with Crippen molar-refractivity contribution >= 4 is 0 Å². The summed E-state index contributed by atoms with van der Waals surface area (Å²) in [6, 6.07) is 11.5. The third-order valence-electron chi connectivity index (χ3n) is 3.40. The fourth-order valence-corrected chi connectivity index (χ4v) is 2.44. The van der Waals surface area contributed by atoms with Crippen LogP contribution >= 0.6 is 0 Å². The maximum Gasteiger partial charge on any atom is 0.0247 e. The summed E-state index contributed by atoms with van der Waals surface area (Å²) in [5.41, 5.74) is 1.43. The van der Waals surface area contributed by atoms with Gasteiger partial charge in [0.1, 0.15) is 0 Å². The Balaban J connectivity index is 2.01. The van der Waals surface area contributed by atoms with Crippen molar-refractivity contribution in [1.82, 2.24) is 10.2 Å². The number of piperazine rings is 1. The normalized spacial score (nSPS) is 22.6. The summed E-state index contributed by atoms with van der Waals surface area (Å²) in [6.07, 6.45) is 0. The summed E-state index contributed by atoms with van der Waals surface area (Å²) in [5, 5.41) is 3.49. The maximum absolute atomic E-state index is 3.49. The van der Waals surface area contributed by atoms with Gasteiger partial charge in [-0.25, -0.2) is 0 Å². The topological polar surface area (TPSA) is 15.3 Å². The van der Waals surface area contributed by atoms with E-state index in [1.54, 1.807) is 0 Å². The Hall–Kier alpha value is -0.860. The minimum atomic E-state index is 0.675. The van der Waals surface area contributed by atoms with E-state index >= 15 is 0 Å². The summed E-state index contributed by atoms with van der Waals surface area (Å²) >= 11 is 0. The Morgan fingerprint density at radius 2 is 2.06 bits per heavy atom. The van der Waals surface area contributed by atoms with Crippen LogP contribution in [0.2, 0.25) is 0 Å². The fraction of sp³-hybridized carbons (Fsp3) is 0.571. The van der Waals surface area contributed by atoms with Gasteiger partial charge < -0.3 is 5.32 Å². The molecule has 2 heteroatoms. The van der Waals surface area contributed by atoms with Crippen LogP contribution in [0.25, 0.3) is 0 Å². The molecule has 1 aromatic carbocycles. The molecule has 0 aliphatic carbocycles. The molecule has 2 nitrogen and oxygen atoms in total. The monoisotopic (exact) mass is 218 g/mol. The van der Waals surface area contributed by atoms with E-state index < -0.39 is 0 Å². The molecule has 0 spiro atoms. The van der Waals surface area contributed by atoms with Crippen molar-refractivity contribution in [3.63, 3.8) is 0 Å². The van der Waals surface area contributed by atoms with Crippen LogP contribution in [-0.2, 0) is 6.54 Å². The van der Waals surface area contributed by atoms with Gasteiger partial charge in [0, 0.05) is 32.2 Å². The first kappa shape index (κ1) is 11.6. The average molecular weight is 218 g/mol. The van der Waals surface area contributed by atoms with Gasteiger partial charge >= 0.3 is 0 Å². The zero-order chi connectivity index (χ0) is 11.4. The van der Waals surface area contributed by atoms with E-state index in [2.05, 4.69) is 54.4 Å². The Morgan fingerprint density at radius 3 is 2.75 bits per heavy atom. The second kappa shape index (κ2) is 5.46. The highest BCUT2D eigenvalue weighted by atomic mass is 15.2. The molecule has 88 valence electrons. The first-order valence-electron chi connectivity index (χ1n) is 6.26. The van der Waals surface area contributed by atoms with E-state index in [0.717, 1.165) is 32.1 Å². The molecule has 0 radical (unpaired) electrons. The average Bonchev–Trinajstić information content (AvgIpc) is 2.31. The zero-order valence-electron chi connectivity index (χ0n) is 10.3. The number of hydrogen-bond acceptors (Lipinski definition) is 2. The lowest BCUT2D eigenvalue weighted by molar-refractivity contribution is 0.117. The van der Waals surface area contributed by atoms with Gasteiger partial charge in [0.2, 0.25) is 0 Å². The van der Waals surface area contributed by atoms with E-state index in [1.807, 2.05) is 0 Å². The van der Waals surface area contributed by atoms with Crippen LogP contribution in [0.4, 0.5) is 0 Å². The van der Waals surface area contributed by atoms with Crippen LogP contribution < -0.4 is 5.32 Å². The summed E-state index contributed by atoms with van der Waals surface area (Å²) in [7, 11) is 0. The highest BCUT2D eigenvalue weighted by molar-refractivity contribution is 5.14. The first-order chi connectivity index (χ1) is 7.77. The predicted molar refractivity (Wildman–Crippen MR) is 68.3 cm³/mol. The second-order valence-electron chi connectivity index (χ2n) is 4.97. The lowest BCUT2D eigenvalue weighted by atomic mass is 10.00. The molecule has 1 aliphatic rings. The van der Waals surface area contributed by atoms with Gasteiger partial charge in [0.25, 0.3) is 0 Å². The van der Waals surface area contributed by atoms with E-state index in [9.17, 15) is 0 Å². The number of nitrogens with zero attached hydrogens (tertiary/aromatic N) is 1. The van der Waals surface area contributed by atoms with E-state index in [-0.39, 0.29) is 0 Å². The molecule has 1 heterocycles. The van der Waals surface area contributed by atoms with Crippen molar-refractivity contribution in [3.8, 4) is 0 Å². The second-order valence-corrected chi connectivity index (χ2v) is 4.97. The Kier molecular flexibility index (Phi) is 3.97. The van der Waals surface area contributed by atoms with Crippen LogP contribution in [0.3, 0.4) is 0 Å². The molecular formula is C14H22N2. The quantitative estimate of drug-likeness (QED) is 0.836. The first-order valence-corrected chi connectivity index (χ1v) is 6.26. The molecule has 1 aromatic rings. The number of benzene rings is 1. The molecule has 1 aliphatic heterocycles. The fourth-order valence-electron chi connectivity index (χ4n) is 2.44. The third-order valence-corrected chi connectivity index (χ3v) is 3.40. The van der Waals surface area contributed by atoms with Gasteiger partial charge in [-0.1, -0.05) is 44.2 Å². The Morgan fingerprint density at radius 1 is 1.31 bits per heavy atom. The van der Waals surface area contributed by atoms with Crippen LogP contribution in [0, 0.1) is 5.92 Å². The summed E-state index contributed by atoms with van der Waals surface area (Å²) in [5.74, 6) is 0.719. The van der Waals surface area contributed by atoms with Crippen LogP contribution in [-0.4, -0.2) is 30.6 Å². The number of nitrogens with one attached hydrogen (secondary N) is 1. The molecule has 1 saturated heterocycles. The SMILES string of the molecule is CC(C)[C@H]1CNCCN1Cc1ccccc1. The zero-order valence-corrected chi connectivity index (χ0v) is 10.3. The predicted octanol–water partition coefficient (Wildman–Crippen LogP) is 2.12. The summed E-state index contributed by atoms with van der Waals surface area (Å²) in [6.45, 7) is 9.13. The van der Waals surface area contributed by atoms with E-state index in [1.165, 1.54) is 5.56 Å². The molecule has 1 fully saturated rings. The van der Waals surface area contributed by atoms with Crippen molar-refractivity contribution < 1.29 is 0 Å². The van der Waals surface area contributed by atoms with Crippen LogP contribution in [0.15, 0.2) is 30.3 Å². The van der Waals surface area contributed by atoms with Gasteiger partial charge in [-0.05, 0) is 11.5 Å². The highest BCUT2D eigenvalue weighted by Gasteiger charge is 2.24.